The number of fused-ring (bicyclic) bond motifs is 3. The third-order valence-corrected chi connectivity index (χ3v) is 3.29. The van der Waals surface area contributed by atoms with Gasteiger partial charge in [-0.15, -0.1) is 0 Å². The molecule has 3 aromatic rings. The van der Waals surface area contributed by atoms with E-state index in [-0.39, 0.29) is 6.61 Å². The molecule has 0 aliphatic heterocycles. The molecule has 0 aliphatic carbocycles. The van der Waals surface area contributed by atoms with Crippen molar-refractivity contribution in [1.29, 1.82) is 0 Å². The van der Waals surface area contributed by atoms with E-state index in [2.05, 4.69) is 0 Å². The van der Waals surface area contributed by atoms with Gasteiger partial charge in [-0.1, -0.05) is 24.3 Å². The number of hydrogen-bond acceptors (Lipinski definition) is 4. The second-order valence-corrected chi connectivity index (χ2v) is 4.78. The number of hydrogen-bond donors (Lipinski definition) is 2. The van der Waals surface area contributed by atoms with Crippen molar-refractivity contribution < 1.29 is 24.2 Å². The number of aliphatic hydroxyl groups excluding tert-OH is 1. The molecule has 0 radical (unpaired) electrons. The molecule has 1 heterocycles. The van der Waals surface area contributed by atoms with Gasteiger partial charge in [0, 0.05) is 10.8 Å². The number of carboxylic acid groups (broad SMARTS) is 1. The largest absolute Gasteiger partial charge is 0.480 e. The first-order valence-corrected chi connectivity index (χ1v) is 6.54. The summed E-state index contributed by atoms with van der Waals surface area (Å²) in [5.41, 5.74) is 2.21. The van der Waals surface area contributed by atoms with Gasteiger partial charge in [-0.25, -0.2) is 4.79 Å². The molecule has 3 rings (SSSR count). The second-order valence-electron chi connectivity index (χ2n) is 4.78. The van der Waals surface area contributed by atoms with Gasteiger partial charge < -0.3 is 19.4 Å². The Hall–Kier alpha value is -2.37. The SMILES string of the molecule is O=C(O)COCC(O)c1ccc2oc3ccccc3c2c1. The minimum atomic E-state index is -1.06. The number of ether oxygens (including phenoxy) is 1. The summed E-state index contributed by atoms with van der Waals surface area (Å²) >= 11 is 0. The minimum absolute atomic E-state index is 0.0619. The number of para-hydroxylation sites is 1. The van der Waals surface area contributed by atoms with Gasteiger partial charge in [-0.05, 0) is 23.8 Å². The monoisotopic (exact) mass is 286 g/mol. The lowest BCUT2D eigenvalue weighted by atomic mass is 10.1. The minimum Gasteiger partial charge on any atom is -0.480 e. The molecule has 0 aliphatic rings. The van der Waals surface area contributed by atoms with E-state index in [0.29, 0.717) is 5.56 Å². The Morgan fingerprint density at radius 2 is 1.90 bits per heavy atom. The van der Waals surface area contributed by atoms with Crippen LogP contribution in [0.4, 0.5) is 0 Å². The molecule has 0 saturated heterocycles. The van der Waals surface area contributed by atoms with Gasteiger partial charge in [0.2, 0.25) is 0 Å². The first-order chi connectivity index (χ1) is 10.1. The van der Waals surface area contributed by atoms with Crippen molar-refractivity contribution in [3.63, 3.8) is 0 Å². The number of benzene rings is 2. The lowest BCUT2D eigenvalue weighted by molar-refractivity contribution is -0.143. The molecule has 5 nitrogen and oxygen atoms in total. The van der Waals surface area contributed by atoms with Gasteiger partial charge in [0.1, 0.15) is 23.9 Å². The van der Waals surface area contributed by atoms with Crippen LogP contribution in [-0.2, 0) is 9.53 Å². The van der Waals surface area contributed by atoms with E-state index >= 15 is 0 Å². The predicted octanol–water partition coefficient (Wildman–Crippen LogP) is 2.72. The van der Waals surface area contributed by atoms with Crippen molar-refractivity contribution in [2.75, 3.05) is 13.2 Å². The van der Waals surface area contributed by atoms with Gasteiger partial charge >= 0.3 is 5.97 Å². The van der Waals surface area contributed by atoms with Crippen molar-refractivity contribution in [2.24, 2.45) is 0 Å². The fourth-order valence-electron chi connectivity index (χ4n) is 2.31. The Labute approximate surface area is 120 Å². The fraction of sp³-hybridized carbons (Fsp3) is 0.188. The summed E-state index contributed by atoms with van der Waals surface area (Å²) in [5, 5.41) is 20.5. The molecule has 0 saturated carbocycles. The number of furan rings is 1. The highest BCUT2D eigenvalue weighted by molar-refractivity contribution is 6.04. The Bertz CT molecular complexity index is 790. The van der Waals surface area contributed by atoms with Gasteiger partial charge in [0.15, 0.2) is 0 Å². The smallest absolute Gasteiger partial charge is 0.329 e. The molecule has 0 fully saturated rings. The van der Waals surface area contributed by atoms with Crippen molar-refractivity contribution in [3.8, 4) is 0 Å². The van der Waals surface area contributed by atoms with Crippen LogP contribution in [0.1, 0.15) is 11.7 Å². The molecule has 1 aromatic heterocycles. The second kappa shape index (κ2) is 5.55. The zero-order chi connectivity index (χ0) is 14.8. The molecule has 0 bridgehead atoms. The zero-order valence-corrected chi connectivity index (χ0v) is 11.2. The first kappa shape index (κ1) is 13.6. The summed E-state index contributed by atoms with van der Waals surface area (Å²) in [5.74, 6) is -1.06. The van der Waals surface area contributed by atoms with Crippen molar-refractivity contribution in [1.82, 2.24) is 0 Å². The Morgan fingerprint density at radius 3 is 2.71 bits per heavy atom. The number of aliphatic carboxylic acids is 1. The summed E-state index contributed by atoms with van der Waals surface area (Å²) in [4.78, 5) is 10.4. The highest BCUT2D eigenvalue weighted by Crippen LogP contribution is 2.30. The van der Waals surface area contributed by atoms with Gasteiger partial charge in [0.05, 0.1) is 6.61 Å². The maximum Gasteiger partial charge on any atom is 0.329 e. The maximum atomic E-state index is 10.4. The molecule has 0 amide bonds. The molecule has 2 N–H and O–H groups in total. The highest BCUT2D eigenvalue weighted by Gasteiger charge is 2.12. The van der Waals surface area contributed by atoms with Crippen LogP contribution in [0.3, 0.4) is 0 Å². The van der Waals surface area contributed by atoms with E-state index in [9.17, 15) is 9.90 Å². The van der Waals surface area contributed by atoms with Gasteiger partial charge in [0.25, 0.3) is 0 Å². The fourth-order valence-corrected chi connectivity index (χ4v) is 2.31. The molecular formula is C16H14O5. The lowest BCUT2D eigenvalue weighted by Crippen LogP contribution is -2.13. The van der Waals surface area contributed by atoms with Crippen LogP contribution in [0.25, 0.3) is 21.9 Å². The lowest BCUT2D eigenvalue weighted by Gasteiger charge is -2.10. The van der Waals surface area contributed by atoms with Crippen LogP contribution in [-0.4, -0.2) is 29.4 Å². The third kappa shape index (κ3) is 2.74. The molecule has 1 atom stereocenters. The van der Waals surface area contributed by atoms with E-state index in [1.165, 1.54) is 0 Å². The van der Waals surface area contributed by atoms with Crippen LogP contribution >= 0.6 is 0 Å². The molecule has 108 valence electrons. The van der Waals surface area contributed by atoms with Crippen LogP contribution in [0.5, 0.6) is 0 Å². The van der Waals surface area contributed by atoms with Crippen LogP contribution in [0.2, 0.25) is 0 Å². The normalized spacial score (nSPS) is 12.8. The predicted molar refractivity (Wildman–Crippen MR) is 77.1 cm³/mol. The van der Waals surface area contributed by atoms with Gasteiger partial charge in [-0.3, -0.25) is 0 Å². The van der Waals surface area contributed by atoms with E-state index in [1.807, 2.05) is 30.3 Å². The van der Waals surface area contributed by atoms with E-state index in [0.717, 1.165) is 21.9 Å². The van der Waals surface area contributed by atoms with E-state index in [1.54, 1.807) is 12.1 Å². The van der Waals surface area contributed by atoms with Crippen molar-refractivity contribution in [2.45, 2.75) is 6.10 Å². The number of aliphatic hydroxyl groups is 1. The van der Waals surface area contributed by atoms with Crippen LogP contribution in [0, 0.1) is 0 Å². The molecule has 21 heavy (non-hydrogen) atoms. The standard InChI is InChI=1S/C16H14O5/c17-13(8-20-9-16(18)19)10-5-6-15-12(7-10)11-3-1-2-4-14(11)21-15/h1-7,13,17H,8-9H2,(H,18,19). The number of rotatable bonds is 5. The molecule has 5 heteroatoms. The summed E-state index contributed by atoms with van der Waals surface area (Å²) in [6, 6.07) is 13.1. The number of carbonyl (C=O) groups is 1. The summed E-state index contributed by atoms with van der Waals surface area (Å²) in [7, 11) is 0. The Morgan fingerprint density at radius 1 is 1.14 bits per heavy atom. The van der Waals surface area contributed by atoms with E-state index in [4.69, 9.17) is 14.3 Å². The molecular weight excluding hydrogens is 272 g/mol. The highest BCUT2D eigenvalue weighted by atomic mass is 16.5. The van der Waals surface area contributed by atoms with Gasteiger partial charge in [-0.2, -0.15) is 0 Å². The van der Waals surface area contributed by atoms with Crippen LogP contribution < -0.4 is 0 Å². The quantitative estimate of drug-likeness (QED) is 0.753. The molecule has 0 spiro atoms. The summed E-state index contributed by atoms with van der Waals surface area (Å²) in [6.45, 7) is -0.485. The average molecular weight is 286 g/mol. The van der Waals surface area contributed by atoms with E-state index < -0.39 is 18.7 Å². The van der Waals surface area contributed by atoms with Crippen molar-refractivity contribution in [3.05, 3.63) is 48.0 Å². The Balaban J connectivity index is 1.89. The molecule has 2 aromatic carbocycles. The maximum absolute atomic E-state index is 10.4. The topological polar surface area (TPSA) is 79.9 Å². The van der Waals surface area contributed by atoms with Crippen LogP contribution in [0.15, 0.2) is 46.9 Å². The first-order valence-electron chi connectivity index (χ1n) is 6.54. The summed E-state index contributed by atoms with van der Waals surface area (Å²) in [6.07, 6.45) is -0.873. The summed E-state index contributed by atoms with van der Waals surface area (Å²) < 4.78 is 10.6. The van der Waals surface area contributed by atoms with Crippen molar-refractivity contribution >= 4 is 27.9 Å². The third-order valence-electron chi connectivity index (χ3n) is 3.29. The number of carboxylic acids is 1. The average Bonchev–Trinajstić information content (AvgIpc) is 2.84. The molecule has 1 unspecified atom stereocenters. The Kier molecular flexibility index (Phi) is 3.60. The zero-order valence-electron chi connectivity index (χ0n) is 11.2.